The van der Waals surface area contributed by atoms with Crippen LogP contribution in [0.3, 0.4) is 0 Å². The van der Waals surface area contributed by atoms with E-state index in [4.69, 9.17) is 5.73 Å². The van der Waals surface area contributed by atoms with Crippen molar-refractivity contribution in [2.24, 2.45) is 5.73 Å². The van der Waals surface area contributed by atoms with Gasteiger partial charge in [-0.25, -0.2) is 0 Å². The molecule has 0 radical (unpaired) electrons. The van der Waals surface area contributed by atoms with Crippen molar-refractivity contribution in [1.82, 2.24) is 4.90 Å². The van der Waals surface area contributed by atoms with E-state index in [1.54, 1.807) is 4.90 Å². The Balaban J connectivity index is 2.60. The quantitative estimate of drug-likeness (QED) is 0.515. The molecule has 0 saturated carbocycles. The summed E-state index contributed by atoms with van der Waals surface area (Å²) in [5.41, 5.74) is 5.54. The molecular weight excluding hydrogens is 128 g/mol. The highest BCUT2D eigenvalue weighted by molar-refractivity contribution is 5.82. The lowest BCUT2D eigenvalue weighted by Gasteiger charge is -2.32. The maximum Gasteiger partial charge on any atom is 0.239 e. The third-order valence-corrected chi connectivity index (χ3v) is 2.22. The van der Waals surface area contributed by atoms with Gasteiger partial charge in [-0.05, 0) is 19.8 Å². The van der Waals surface area contributed by atoms with Gasteiger partial charge in [-0.15, -0.1) is 0 Å². The minimum Gasteiger partial charge on any atom is -0.342 e. The lowest BCUT2D eigenvalue weighted by atomic mass is 10.0. The van der Waals surface area contributed by atoms with Gasteiger partial charge >= 0.3 is 0 Å². The van der Waals surface area contributed by atoms with Crippen LogP contribution >= 0.6 is 0 Å². The molecule has 1 heterocycles. The van der Waals surface area contributed by atoms with Crippen LogP contribution in [0.25, 0.3) is 0 Å². The number of carbonyl (C=O) groups excluding carboxylic acids is 1. The second-order valence-corrected chi connectivity index (χ2v) is 2.98. The number of hydrogen-bond acceptors (Lipinski definition) is 2. The van der Waals surface area contributed by atoms with Crippen LogP contribution in [0.5, 0.6) is 0 Å². The highest BCUT2D eigenvalue weighted by Crippen LogP contribution is 2.14. The largest absolute Gasteiger partial charge is 0.342 e. The Hall–Kier alpha value is -0.570. The summed E-state index contributed by atoms with van der Waals surface area (Å²) in [6.07, 6.45) is 1.87. The molecule has 1 aliphatic rings. The standard InChI is InChI=1S/C7H14N2O/c1-5-3-4-6(8)7(10)9(5)2/h5-6H,3-4,8H2,1-2H3. The van der Waals surface area contributed by atoms with Gasteiger partial charge in [-0.3, -0.25) is 4.79 Å². The minimum atomic E-state index is -0.249. The Labute approximate surface area is 61.2 Å². The third kappa shape index (κ3) is 1.14. The molecule has 0 aromatic heterocycles. The maximum absolute atomic E-state index is 11.1. The van der Waals surface area contributed by atoms with E-state index < -0.39 is 0 Å². The predicted molar refractivity (Wildman–Crippen MR) is 39.4 cm³/mol. The molecule has 3 heteroatoms. The second kappa shape index (κ2) is 2.58. The highest BCUT2D eigenvalue weighted by Gasteiger charge is 2.27. The van der Waals surface area contributed by atoms with Gasteiger partial charge in [0, 0.05) is 13.1 Å². The molecule has 2 N–H and O–H groups in total. The molecule has 1 fully saturated rings. The van der Waals surface area contributed by atoms with Crippen LogP contribution < -0.4 is 5.73 Å². The summed E-state index contributed by atoms with van der Waals surface area (Å²) in [5, 5.41) is 0. The molecule has 0 aliphatic carbocycles. The molecule has 1 rings (SSSR count). The zero-order chi connectivity index (χ0) is 7.72. The van der Waals surface area contributed by atoms with E-state index in [0.717, 1.165) is 12.8 Å². The molecule has 3 nitrogen and oxygen atoms in total. The molecule has 58 valence electrons. The van der Waals surface area contributed by atoms with E-state index in [2.05, 4.69) is 0 Å². The molecule has 1 aliphatic heterocycles. The molecule has 0 bridgehead atoms. The number of rotatable bonds is 0. The van der Waals surface area contributed by atoms with E-state index in [9.17, 15) is 4.79 Å². The Kier molecular flexibility index (Phi) is 1.94. The number of hydrogen-bond donors (Lipinski definition) is 1. The van der Waals surface area contributed by atoms with E-state index in [1.807, 2.05) is 14.0 Å². The molecule has 0 spiro atoms. The van der Waals surface area contributed by atoms with Crippen LogP contribution in [0.4, 0.5) is 0 Å². The van der Waals surface area contributed by atoms with E-state index in [-0.39, 0.29) is 11.9 Å². The van der Waals surface area contributed by atoms with E-state index in [0.29, 0.717) is 6.04 Å². The third-order valence-electron chi connectivity index (χ3n) is 2.22. The van der Waals surface area contributed by atoms with Crippen molar-refractivity contribution in [3.63, 3.8) is 0 Å². The van der Waals surface area contributed by atoms with E-state index in [1.165, 1.54) is 0 Å². The van der Waals surface area contributed by atoms with Gasteiger partial charge in [0.05, 0.1) is 6.04 Å². The summed E-state index contributed by atoms with van der Waals surface area (Å²) in [6, 6.07) is 0.119. The van der Waals surface area contributed by atoms with Crippen LogP contribution in [0.15, 0.2) is 0 Å². The average molecular weight is 142 g/mol. The maximum atomic E-state index is 11.1. The molecule has 0 aromatic carbocycles. The Morgan fingerprint density at radius 3 is 2.70 bits per heavy atom. The first kappa shape index (κ1) is 7.54. The summed E-state index contributed by atoms with van der Waals surface area (Å²) in [6.45, 7) is 2.05. The first-order valence-electron chi connectivity index (χ1n) is 3.65. The fraction of sp³-hybridized carbons (Fsp3) is 0.857. The lowest BCUT2D eigenvalue weighted by Crippen LogP contribution is -2.50. The fourth-order valence-electron chi connectivity index (χ4n) is 1.22. The highest BCUT2D eigenvalue weighted by atomic mass is 16.2. The van der Waals surface area contributed by atoms with Crippen LogP contribution in [-0.2, 0) is 4.79 Å². The Morgan fingerprint density at radius 2 is 2.20 bits per heavy atom. The van der Waals surface area contributed by atoms with Crippen molar-refractivity contribution in [2.75, 3.05) is 7.05 Å². The first-order valence-corrected chi connectivity index (χ1v) is 3.65. The van der Waals surface area contributed by atoms with Crippen molar-refractivity contribution in [3.8, 4) is 0 Å². The minimum absolute atomic E-state index is 0.0822. The molecule has 10 heavy (non-hydrogen) atoms. The monoisotopic (exact) mass is 142 g/mol. The molecule has 2 unspecified atom stereocenters. The van der Waals surface area contributed by atoms with Crippen LogP contribution in [0, 0.1) is 0 Å². The number of likely N-dealkylation sites (tertiary alicyclic amines) is 1. The van der Waals surface area contributed by atoms with Crippen molar-refractivity contribution >= 4 is 5.91 Å². The lowest BCUT2D eigenvalue weighted by molar-refractivity contribution is -0.135. The van der Waals surface area contributed by atoms with Gasteiger partial charge in [-0.2, -0.15) is 0 Å². The normalized spacial score (nSPS) is 34.7. The summed E-state index contributed by atoms with van der Waals surface area (Å²) in [5.74, 6) is 0.0822. The van der Waals surface area contributed by atoms with Gasteiger partial charge in [0.1, 0.15) is 0 Å². The zero-order valence-corrected chi connectivity index (χ0v) is 6.50. The number of piperidine rings is 1. The summed E-state index contributed by atoms with van der Waals surface area (Å²) in [7, 11) is 1.81. The summed E-state index contributed by atoms with van der Waals surface area (Å²) < 4.78 is 0. The average Bonchev–Trinajstić information content (AvgIpc) is 1.93. The second-order valence-electron chi connectivity index (χ2n) is 2.98. The topological polar surface area (TPSA) is 46.3 Å². The van der Waals surface area contributed by atoms with Crippen LogP contribution in [-0.4, -0.2) is 29.9 Å². The fourth-order valence-corrected chi connectivity index (χ4v) is 1.22. The van der Waals surface area contributed by atoms with Crippen molar-refractivity contribution in [3.05, 3.63) is 0 Å². The first-order chi connectivity index (χ1) is 4.63. The van der Waals surface area contributed by atoms with Gasteiger partial charge in [0.15, 0.2) is 0 Å². The molecule has 1 amide bonds. The van der Waals surface area contributed by atoms with Crippen LogP contribution in [0.1, 0.15) is 19.8 Å². The molecular formula is C7H14N2O. The number of nitrogens with zero attached hydrogens (tertiary/aromatic N) is 1. The smallest absolute Gasteiger partial charge is 0.239 e. The number of likely N-dealkylation sites (N-methyl/N-ethyl adjacent to an activating group) is 1. The molecule has 2 atom stereocenters. The molecule has 1 saturated heterocycles. The predicted octanol–water partition coefficient (Wildman–Crippen LogP) is -0.0456. The van der Waals surface area contributed by atoms with Crippen LogP contribution in [0.2, 0.25) is 0 Å². The number of nitrogens with two attached hydrogens (primary N) is 1. The Bertz CT molecular complexity index is 147. The van der Waals surface area contributed by atoms with Crippen molar-refractivity contribution in [2.45, 2.75) is 31.8 Å². The summed E-state index contributed by atoms with van der Waals surface area (Å²) >= 11 is 0. The van der Waals surface area contributed by atoms with Crippen molar-refractivity contribution < 1.29 is 4.79 Å². The number of carbonyl (C=O) groups is 1. The SMILES string of the molecule is CC1CCC(N)C(=O)N1C. The van der Waals surface area contributed by atoms with Crippen molar-refractivity contribution in [1.29, 1.82) is 0 Å². The van der Waals surface area contributed by atoms with Gasteiger partial charge in [0.25, 0.3) is 0 Å². The molecule has 0 aromatic rings. The zero-order valence-electron chi connectivity index (χ0n) is 6.50. The van der Waals surface area contributed by atoms with Gasteiger partial charge in [-0.1, -0.05) is 0 Å². The summed E-state index contributed by atoms with van der Waals surface area (Å²) in [4.78, 5) is 12.9. The Morgan fingerprint density at radius 1 is 1.60 bits per heavy atom. The van der Waals surface area contributed by atoms with E-state index >= 15 is 0 Å². The van der Waals surface area contributed by atoms with Gasteiger partial charge in [0.2, 0.25) is 5.91 Å². The van der Waals surface area contributed by atoms with Gasteiger partial charge < -0.3 is 10.6 Å². The number of amides is 1.